The fourth-order valence-electron chi connectivity index (χ4n) is 2.15. The zero-order chi connectivity index (χ0) is 18.4. The maximum Gasteiger partial charge on any atom is 0.326 e. The molecular formula is C17H15FN2O5. The smallest absolute Gasteiger partial charge is 0.326 e. The van der Waals surface area contributed by atoms with E-state index in [9.17, 15) is 24.1 Å². The third-order valence-electron chi connectivity index (χ3n) is 3.28. The van der Waals surface area contributed by atoms with E-state index < -0.39 is 29.2 Å². The monoisotopic (exact) mass is 346 g/mol. The molecule has 2 aromatic rings. The molecule has 2 rings (SSSR count). The lowest BCUT2D eigenvalue weighted by atomic mass is 10.1. The van der Waals surface area contributed by atoms with Gasteiger partial charge in [-0.25, -0.2) is 4.39 Å². The van der Waals surface area contributed by atoms with Crippen LogP contribution >= 0.6 is 0 Å². The number of carbonyl (C=O) groups is 2. The molecule has 130 valence electrons. The number of nitro groups is 1. The van der Waals surface area contributed by atoms with Crippen molar-refractivity contribution < 1.29 is 23.6 Å². The Morgan fingerprint density at radius 2 is 1.88 bits per heavy atom. The Hall–Kier alpha value is -3.29. The van der Waals surface area contributed by atoms with Crippen molar-refractivity contribution in [1.29, 1.82) is 0 Å². The van der Waals surface area contributed by atoms with Crippen LogP contribution in [0.5, 0.6) is 0 Å². The molecule has 2 aromatic carbocycles. The number of non-ortho nitro benzene ring substituents is 1. The lowest BCUT2D eigenvalue weighted by Gasteiger charge is -2.22. The first-order valence-electron chi connectivity index (χ1n) is 7.40. The number of hydrogen-bond donors (Lipinski definition) is 0. The molecule has 0 saturated heterocycles. The van der Waals surface area contributed by atoms with E-state index in [-0.39, 0.29) is 23.5 Å². The summed E-state index contributed by atoms with van der Waals surface area (Å²) in [6.45, 7) is 1.37. The molecule has 0 bridgehead atoms. The first-order chi connectivity index (χ1) is 11.9. The Labute approximate surface area is 142 Å². The van der Waals surface area contributed by atoms with E-state index in [0.29, 0.717) is 0 Å². The van der Waals surface area contributed by atoms with Crippen LogP contribution in [0.1, 0.15) is 17.3 Å². The predicted octanol–water partition coefficient (Wildman–Crippen LogP) is 2.94. The van der Waals surface area contributed by atoms with Crippen LogP contribution in [0.2, 0.25) is 0 Å². The topological polar surface area (TPSA) is 89.8 Å². The Morgan fingerprint density at radius 3 is 2.44 bits per heavy atom. The average Bonchev–Trinajstić information content (AvgIpc) is 2.59. The molecule has 0 heterocycles. The van der Waals surface area contributed by atoms with E-state index >= 15 is 0 Å². The Morgan fingerprint density at radius 1 is 1.20 bits per heavy atom. The number of amides is 1. The van der Waals surface area contributed by atoms with E-state index in [1.54, 1.807) is 6.92 Å². The van der Waals surface area contributed by atoms with Gasteiger partial charge in [-0.15, -0.1) is 0 Å². The van der Waals surface area contributed by atoms with Crippen LogP contribution in [0.4, 0.5) is 15.8 Å². The lowest BCUT2D eigenvalue weighted by Crippen LogP contribution is -2.36. The van der Waals surface area contributed by atoms with Gasteiger partial charge in [0.15, 0.2) is 0 Å². The number of esters is 1. The normalized spacial score (nSPS) is 10.2. The van der Waals surface area contributed by atoms with Crippen LogP contribution in [-0.4, -0.2) is 30.0 Å². The molecule has 7 nitrogen and oxygen atoms in total. The van der Waals surface area contributed by atoms with Crippen molar-refractivity contribution in [2.75, 3.05) is 18.1 Å². The Balaban J connectivity index is 2.36. The van der Waals surface area contributed by atoms with Gasteiger partial charge in [-0.3, -0.25) is 24.6 Å². The number of rotatable bonds is 6. The highest BCUT2D eigenvalue weighted by Gasteiger charge is 2.22. The molecule has 0 aliphatic heterocycles. The summed E-state index contributed by atoms with van der Waals surface area (Å²) < 4.78 is 18.2. The summed E-state index contributed by atoms with van der Waals surface area (Å²) in [5.74, 6) is -1.86. The first kappa shape index (κ1) is 18.1. The second-order valence-electron chi connectivity index (χ2n) is 4.98. The molecule has 1 amide bonds. The van der Waals surface area contributed by atoms with Gasteiger partial charge in [0.2, 0.25) is 0 Å². The second-order valence-corrected chi connectivity index (χ2v) is 4.98. The SMILES string of the molecule is CCOC(=O)CN(C(=O)c1cccc(F)c1)c1ccc([N+](=O)[O-])cc1. The fraction of sp³-hybridized carbons (Fsp3) is 0.176. The molecule has 0 radical (unpaired) electrons. The van der Waals surface area contributed by atoms with Gasteiger partial charge in [0.05, 0.1) is 11.5 Å². The maximum absolute atomic E-state index is 13.4. The molecule has 0 aliphatic rings. The number of nitro benzene ring substituents is 1. The van der Waals surface area contributed by atoms with Gasteiger partial charge >= 0.3 is 5.97 Å². The maximum atomic E-state index is 13.4. The summed E-state index contributed by atoms with van der Waals surface area (Å²) in [6.07, 6.45) is 0. The third kappa shape index (κ3) is 4.60. The molecular weight excluding hydrogens is 331 g/mol. The molecule has 0 spiro atoms. The van der Waals surface area contributed by atoms with E-state index in [0.717, 1.165) is 11.0 Å². The number of benzene rings is 2. The molecule has 0 N–H and O–H groups in total. The number of anilines is 1. The molecule has 25 heavy (non-hydrogen) atoms. The van der Waals surface area contributed by atoms with Crippen LogP contribution in [0.3, 0.4) is 0 Å². The summed E-state index contributed by atoms with van der Waals surface area (Å²) in [5.41, 5.74) is 0.147. The van der Waals surface area contributed by atoms with Crippen molar-refractivity contribution in [1.82, 2.24) is 0 Å². The molecule has 8 heteroatoms. The lowest BCUT2D eigenvalue weighted by molar-refractivity contribution is -0.384. The Bertz CT molecular complexity index is 792. The number of ether oxygens (including phenoxy) is 1. The van der Waals surface area contributed by atoms with Crippen molar-refractivity contribution in [3.63, 3.8) is 0 Å². The average molecular weight is 346 g/mol. The summed E-state index contributed by atoms with van der Waals surface area (Å²) in [7, 11) is 0. The van der Waals surface area contributed by atoms with Crippen LogP contribution < -0.4 is 4.90 Å². The summed E-state index contributed by atoms with van der Waals surface area (Å²) in [6, 6.07) is 10.1. The molecule has 0 aliphatic carbocycles. The van der Waals surface area contributed by atoms with Crippen molar-refractivity contribution in [2.24, 2.45) is 0 Å². The standard InChI is InChI=1S/C17H15FN2O5/c1-2-25-16(21)11-19(14-6-8-15(9-7-14)20(23)24)17(22)12-4-3-5-13(18)10-12/h3-10H,2,11H2,1H3. The Kier molecular flexibility index (Phi) is 5.78. The van der Waals surface area contributed by atoms with E-state index in [2.05, 4.69) is 0 Å². The van der Waals surface area contributed by atoms with Gasteiger partial charge < -0.3 is 4.74 Å². The van der Waals surface area contributed by atoms with Gasteiger partial charge in [-0.1, -0.05) is 6.07 Å². The van der Waals surface area contributed by atoms with E-state index in [1.165, 1.54) is 42.5 Å². The van der Waals surface area contributed by atoms with Crippen molar-refractivity contribution >= 4 is 23.3 Å². The second kappa shape index (κ2) is 8.00. The fourth-order valence-corrected chi connectivity index (χ4v) is 2.15. The minimum atomic E-state index is -0.648. The van der Waals surface area contributed by atoms with Crippen molar-refractivity contribution in [3.05, 3.63) is 70.0 Å². The molecule has 0 aromatic heterocycles. The van der Waals surface area contributed by atoms with Crippen LogP contribution in [0, 0.1) is 15.9 Å². The minimum absolute atomic E-state index is 0.0441. The number of nitrogens with zero attached hydrogens (tertiary/aromatic N) is 2. The molecule has 0 unspecified atom stereocenters. The first-order valence-corrected chi connectivity index (χ1v) is 7.40. The number of carbonyl (C=O) groups excluding carboxylic acids is 2. The summed E-state index contributed by atoms with van der Waals surface area (Å²) in [4.78, 5) is 35.7. The third-order valence-corrected chi connectivity index (χ3v) is 3.28. The zero-order valence-electron chi connectivity index (χ0n) is 13.3. The van der Waals surface area contributed by atoms with E-state index in [4.69, 9.17) is 4.74 Å². The van der Waals surface area contributed by atoms with Gasteiger partial charge in [0.25, 0.3) is 11.6 Å². The van der Waals surface area contributed by atoms with Crippen molar-refractivity contribution in [2.45, 2.75) is 6.92 Å². The highest BCUT2D eigenvalue weighted by molar-refractivity contribution is 6.08. The highest BCUT2D eigenvalue weighted by atomic mass is 19.1. The summed E-state index contributed by atoms with van der Waals surface area (Å²) >= 11 is 0. The van der Waals surface area contributed by atoms with Gasteiger partial charge in [0.1, 0.15) is 12.4 Å². The molecule has 0 atom stereocenters. The quantitative estimate of drug-likeness (QED) is 0.456. The predicted molar refractivity (Wildman–Crippen MR) is 87.8 cm³/mol. The van der Waals surface area contributed by atoms with E-state index in [1.807, 2.05) is 0 Å². The number of halogens is 1. The zero-order valence-corrected chi connectivity index (χ0v) is 13.3. The largest absolute Gasteiger partial charge is 0.465 e. The highest BCUT2D eigenvalue weighted by Crippen LogP contribution is 2.21. The van der Waals surface area contributed by atoms with Gasteiger partial charge in [-0.2, -0.15) is 0 Å². The molecule has 0 fully saturated rings. The summed E-state index contributed by atoms with van der Waals surface area (Å²) in [5, 5.41) is 10.7. The van der Waals surface area contributed by atoms with Gasteiger partial charge in [-0.05, 0) is 37.3 Å². The van der Waals surface area contributed by atoms with Crippen LogP contribution in [-0.2, 0) is 9.53 Å². The van der Waals surface area contributed by atoms with Crippen LogP contribution in [0.15, 0.2) is 48.5 Å². The minimum Gasteiger partial charge on any atom is -0.465 e. The van der Waals surface area contributed by atoms with Crippen molar-refractivity contribution in [3.8, 4) is 0 Å². The number of hydrogen-bond acceptors (Lipinski definition) is 5. The van der Waals surface area contributed by atoms with Crippen LogP contribution in [0.25, 0.3) is 0 Å². The van der Waals surface area contributed by atoms with Gasteiger partial charge in [0, 0.05) is 23.4 Å². The molecule has 0 saturated carbocycles.